The molecule has 2 aliphatic rings. The van der Waals surface area contributed by atoms with E-state index in [9.17, 15) is 13.2 Å². The number of carbonyl (C=O) groups excluding carboxylic acids is 1. The zero-order chi connectivity index (χ0) is 21.3. The summed E-state index contributed by atoms with van der Waals surface area (Å²) < 4.78 is 33.2. The molecule has 3 heterocycles. The van der Waals surface area contributed by atoms with Crippen LogP contribution in [0.2, 0.25) is 0 Å². The predicted molar refractivity (Wildman–Crippen MR) is 113 cm³/mol. The Kier molecular flexibility index (Phi) is 5.97. The second kappa shape index (κ2) is 8.50. The lowest BCUT2D eigenvalue weighted by Gasteiger charge is -2.30. The third-order valence-electron chi connectivity index (χ3n) is 5.90. The molecule has 9 heteroatoms. The van der Waals surface area contributed by atoms with Crippen molar-refractivity contribution in [2.24, 2.45) is 5.92 Å². The molecule has 2 unspecified atom stereocenters. The van der Waals surface area contributed by atoms with Gasteiger partial charge in [-0.1, -0.05) is 6.07 Å². The molecule has 0 saturated carbocycles. The van der Waals surface area contributed by atoms with E-state index >= 15 is 0 Å². The summed E-state index contributed by atoms with van der Waals surface area (Å²) in [5.41, 5.74) is 9.07. The molecule has 2 aliphatic heterocycles. The van der Waals surface area contributed by atoms with Gasteiger partial charge in [0, 0.05) is 25.3 Å². The number of carbonyl (C=O) groups is 1. The first kappa shape index (κ1) is 21.0. The van der Waals surface area contributed by atoms with Crippen molar-refractivity contribution >= 4 is 21.6 Å². The fourth-order valence-electron chi connectivity index (χ4n) is 3.92. The van der Waals surface area contributed by atoms with Gasteiger partial charge in [0.05, 0.1) is 12.0 Å². The third-order valence-corrected chi connectivity index (χ3v) is 7.64. The zero-order valence-corrected chi connectivity index (χ0v) is 18.1. The van der Waals surface area contributed by atoms with Gasteiger partial charge in [-0.2, -0.15) is 4.31 Å². The summed E-state index contributed by atoms with van der Waals surface area (Å²) in [5.74, 6) is 0.0457. The van der Waals surface area contributed by atoms with Crippen LogP contribution in [0.25, 0.3) is 0 Å². The minimum absolute atomic E-state index is 0.0354. The number of furan rings is 1. The van der Waals surface area contributed by atoms with Crippen LogP contribution in [0.5, 0.6) is 0 Å². The topological polar surface area (TPSA) is 104 Å². The summed E-state index contributed by atoms with van der Waals surface area (Å²) in [6.45, 7) is 5.35. The molecule has 1 aromatic carbocycles. The number of nitrogens with zero attached hydrogens (tertiary/aromatic N) is 1. The Morgan fingerprint density at radius 1 is 1.17 bits per heavy atom. The average molecular weight is 433 g/mol. The van der Waals surface area contributed by atoms with Gasteiger partial charge >= 0.3 is 0 Å². The second-order valence-corrected chi connectivity index (χ2v) is 9.93. The molecule has 2 aromatic rings. The summed E-state index contributed by atoms with van der Waals surface area (Å²) in [4.78, 5) is 12.8. The normalized spacial score (nSPS) is 22.9. The van der Waals surface area contributed by atoms with E-state index in [1.807, 2.05) is 32.0 Å². The Hall–Kier alpha value is -2.20. The minimum Gasteiger partial charge on any atom is -0.447 e. The molecule has 3 N–H and O–H groups in total. The maximum Gasteiger partial charge on any atom is 0.276 e. The number of aryl methyl sites for hydroxylation is 2. The SMILES string of the molecule is Cc1ccc(NC(=O)C2CCCN(S(=O)(=O)c3ccc(C4CCNN4)o3)C2)cc1C. The van der Waals surface area contributed by atoms with Gasteiger partial charge < -0.3 is 9.73 Å². The Morgan fingerprint density at radius 2 is 2.00 bits per heavy atom. The van der Waals surface area contributed by atoms with Crippen molar-refractivity contribution < 1.29 is 17.6 Å². The van der Waals surface area contributed by atoms with Gasteiger partial charge in [0.1, 0.15) is 5.76 Å². The molecule has 0 aliphatic carbocycles. The highest BCUT2D eigenvalue weighted by Gasteiger charge is 2.35. The van der Waals surface area contributed by atoms with Crippen LogP contribution in [0.4, 0.5) is 5.69 Å². The molecular weight excluding hydrogens is 404 g/mol. The molecule has 2 saturated heterocycles. The van der Waals surface area contributed by atoms with E-state index in [0.29, 0.717) is 25.1 Å². The summed E-state index contributed by atoms with van der Waals surface area (Å²) in [5, 5.41) is 2.87. The smallest absolute Gasteiger partial charge is 0.276 e. The monoisotopic (exact) mass is 432 g/mol. The number of anilines is 1. The molecule has 2 fully saturated rings. The second-order valence-electron chi connectivity index (χ2n) is 8.06. The van der Waals surface area contributed by atoms with Crippen molar-refractivity contribution in [2.45, 2.75) is 44.2 Å². The van der Waals surface area contributed by atoms with Crippen LogP contribution < -0.4 is 16.2 Å². The van der Waals surface area contributed by atoms with E-state index in [2.05, 4.69) is 16.2 Å². The van der Waals surface area contributed by atoms with E-state index in [1.54, 1.807) is 6.07 Å². The predicted octanol–water partition coefficient (Wildman–Crippen LogP) is 2.47. The van der Waals surface area contributed by atoms with E-state index in [0.717, 1.165) is 29.8 Å². The van der Waals surface area contributed by atoms with Gasteiger partial charge in [-0.25, -0.2) is 13.8 Å². The van der Waals surface area contributed by atoms with Crippen molar-refractivity contribution in [1.82, 2.24) is 15.2 Å². The number of nitrogens with one attached hydrogen (secondary N) is 3. The maximum atomic E-state index is 13.1. The van der Waals surface area contributed by atoms with Crippen LogP contribution in [0.15, 0.2) is 39.8 Å². The van der Waals surface area contributed by atoms with E-state index in [-0.39, 0.29) is 23.6 Å². The quantitative estimate of drug-likeness (QED) is 0.671. The zero-order valence-electron chi connectivity index (χ0n) is 17.3. The van der Waals surface area contributed by atoms with Crippen molar-refractivity contribution in [3.8, 4) is 0 Å². The number of piperidine rings is 1. The van der Waals surface area contributed by atoms with Crippen LogP contribution in [-0.2, 0) is 14.8 Å². The highest BCUT2D eigenvalue weighted by atomic mass is 32.2. The maximum absolute atomic E-state index is 13.1. The van der Waals surface area contributed by atoms with Gasteiger partial charge in [-0.05, 0) is 68.5 Å². The number of hydrogen-bond acceptors (Lipinski definition) is 6. The highest BCUT2D eigenvalue weighted by molar-refractivity contribution is 7.89. The molecule has 2 atom stereocenters. The number of benzene rings is 1. The molecule has 162 valence electrons. The van der Waals surface area contributed by atoms with Gasteiger partial charge in [0.15, 0.2) is 0 Å². The number of sulfonamides is 1. The summed E-state index contributed by atoms with van der Waals surface area (Å²) in [7, 11) is -3.78. The van der Waals surface area contributed by atoms with Gasteiger partial charge in [0.2, 0.25) is 11.0 Å². The third kappa shape index (κ3) is 4.29. The molecule has 0 spiro atoms. The molecule has 0 radical (unpaired) electrons. The van der Waals surface area contributed by atoms with Crippen molar-refractivity contribution in [3.63, 3.8) is 0 Å². The van der Waals surface area contributed by atoms with Gasteiger partial charge in [-0.3, -0.25) is 10.2 Å². The molecular formula is C21H28N4O4S. The lowest BCUT2D eigenvalue weighted by atomic mass is 9.98. The van der Waals surface area contributed by atoms with Crippen LogP contribution in [0.1, 0.15) is 42.2 Å². The van der Waals surface area contributed by atoms with E-state index in [4.69, 9.17) is 4.42 Å². The Balaban J connectivity index is 1.44. The van der Waals surface area contributed by atoms with Gasteiger partial charge in [0.25, 0.3) is 10.0 Å². The first-order chi connectivity index (χ1) is 14.3. The Bertz CT molecular complexity index is 1030. The Labute approximate surface area is 177 Å². The number of amides is 1. The largest absolute Gasteiger partial charge is 0.447 e. The van der Waals surface area contributed by atoms with Gasteiger partial charge in [-0.15, -0.1) is 0 Å². The lowest BCUT2D eigenvalue weighted by molar-refractivity contribution is -0.120. The lowest BCUT2D eigenvalue weighted by Crippen LogP contribution is -2.43. The summed E-state index contributed by atoms with van der Waals surface area (Å²) in [6, 6.07) is 8.93. The molecule has 1 amide bonds. The minimum atomic E-state index is -3.78. The Morgan fingerprint density at radius 3 is 2.73 bits per heavy atom. The molecule has 0 bridgehead atoms. The standard InChI is InChI=1S/C21H28N4O4S/c1-14-5-6-17(12-15(14)2)23-21(26)16-4-3-11-25(13-16)30(27,28)20-8-7-19(29-20)18-9-10-22-24-18/h5-8,12,16,18,22,24H,3-4,9-11,13H2,1-2H3,(H,23,26). The molecule has 30 heavy (non-hydrogen) atoms. The first-order valence-electron chi connectivity index (χ1n) is 10.3. The van der Waals surface area contributed by atoms with Crippen LogP contribution in [-0.4, -0.2) is 38.3 Å². The van der Waals surface area contributed by atoms with E-state index < -0.39 is 15.9 Å². The number of hydrogen-bond donors (Lipinski definition) is 3. The number of rotatable bonds is 5. The average Bonchev–Trinajstić information content (AvgIpc) is 3.43. The van der Waals surface area contributed by atoms with Crippen molar-refractivity contribution in [2.75, 3.05) is 25.0 Å². The van der Waals surface area contributed by atoms with Crippen molar-refractivity contribution in [1.29, 1.82) is 0 Å². The van der Waals surface area contributed by atoms with Crippen LogP contribution in [0, 0.1) is 19.8 Å². The molecule has 1 aromatic heterocycles. The highest BCUT2D eigenvalue weighted by Crippen LogP contribution is 2.29. The van der Waals surface area contributed by atoms with Crippen molar-refractivity contribution in [3.05, 3.63) is 47.2 Å². The molecule has 4 rings (SSSR count). The molecule has 8 nitrogen and oxygen atoms in total. The summed E-state index contributed by atoms with van der Waals surface area (Å²) >= 11 is 0. The number of hydrazine groups is 1. The fraction of sp³-hybridized carbons (Fsp3) is 0.476. The fourth-order valence-corrected chi connectivity index (χ4v) is 5.36. The van der Waals surface area contributed by atoms with Crippen LogP contribution >= 0.6 is 0 Å². The van der Waals surface area contributed by atoms with E-state index in [1.165, 1.54) is 10.4 Å². The van der Waals surface area contributed by atoms with Crippen LogP contribution in [0.3, 0.4) is 0 Å². The summed E-state index contributed by atoms with van der Waals surface area (Å²) in [6.07, 6.45) is 2.12. The first-order valence-corrected chi connectivity index (χ1v) is 11.7.